The number of fused-ring (bicyclic) bond motifs is 5. The average molecular weight is 556 g/mol. The Labute approximate surface area is 242 Å². The number of carbonyl (C=O) groups excluding carboxylic acids is 3. The number of rotatable bonds is 3. The molecular formula is C34H41N3O4. The summed E-state index contributed by atoms with van der Waals surface area (Å²) in [5.74, 6) is 0.123. The molecule has 41 heavy (non-hydrogen) atoms. The van der Waals surface area contributed by atoms with Crippen LogP contribution in [0.25, 0.3) is 28.2 Å². The first-order valence-corrected chi connectivity index (χ1v) is 15.1. The van der Waals surface area contributed by atoms with E-state index in [1.54, 1.807) is 11.8 Å². The van der Waals surface area contributed by atoms with Gasteiger partial charge in [-0.1, -0.05) is 63.4 Å². The average Bonchev–Trinajstić information content (AvgIpc) is 3.23. The van der Waals surface area contributed by atoms with Crippen molar-refractivity contribution in [3.8, 4) is 11.3 Å². The molecule has 0 radical (unpaired) electrons. The molecule has 7 heteroatoms. The normalized spacial score (nSPS) is 17.0. The first-order valence-electron chi connectivity index (χ1n) is 15.1. The van der Waals surface area contributed by atoms with E-state index in [4.69, 9.17) is 4.74 Å². The van der Waals surface area contributed by atoms with Crippen molar-refractivity contribution in [2.75, 3.05) is 33.3 Å². The fraction of sp³-hybridized carbons (Fsp3) is 0.441. The highest BCUT2D eigenvalue weighted by atomic mass is 16.5. The molecule has 216 valence electrons. The second kappa shape index (κ2) is 12.3. The number of benzene rings is 2. The minimum Gasteiger partial charge on any atom is -0.465 e. The molecule has 1 aliphatic carbocycles. The molecule has 1 saturated heterocycles. The molecule has 7 nitrogen and oxygen atoms in total. The zero-order valence-electron chi connectivity index (χ0n) is 24.7. The molecule has 3 aromatic rings. The molecule has 0 spiro atoms. The minimum atomic E-state index is -0.365. The molecule has 1 aromatic heterocycles. The Bertz CT molecular complexity index is 1490. The van der Waals surface area contributed by atoms with Gasteiger partial charge in [0.15, 0.2) is 0 Å². The van der Waals surface area contributed by atoms with Crippen molar-refractivity contribution >= 4 is 34.8 Å². The standard InChI is InChI=1S/C32H35N3O4.C2H6/c1-21(36)33-14-16-34(17-15-33)31(37)25-18-23-10-6-7-11-26(23)30-29(22-8-4-3-5-9-22)27-13-12-24(32(38)39-2)19-28(27)35(30)20-25;1-2/h6-7,10-13,18-19,22H,3-5,8-9,14-17,20H2,1-2H3;1-2H3. The lowest BCUT2D eigenvalue weighted by Crippen LogP contribution is -2.50. The Morgan fingerprint density at radius 2 is 1.56 bits per heavy atom. The maximum absolute atomic E-state index is 13.9. The first kappa shape index (κ1) is 28.7. The molecule has 0 bridgehead atoms. The number of aromatic nitrogens is 1. The van der Waals surface area contributed by atoms with Crippen LogP contribution in [0.4, 0.5) is 0 Å². The molecule has 2 fully saturated rings. The molecule has 2 amide bonds. The van der Waals surface area contributed by atoms with Gasteiger partial charge in [0.2, 0.25) is 5.91 Å². The molecule has 1 saturated carbocycles. The van der Waals surface area contributed by atoms with E-state index in [0.717, 1.165) is 40.6 Å². The van der Waals surface area contributed by atoms with E-state index in [1.165, 1.54) is 31.9 Å². The lowest BCUT2D eigenvalue weighted by molar-refractivity contribution is -0.136. The quantitative estimate of drug-likeness (QED) is 0.358. The van der Waals surface area contributed by atoms with Crippen LogP contribution in [-0.2, 0) is 20.9 Å². The third kappa shape index (κ3) is 5.42. The largest absolute Gasteiger partial charge is 0.465 e. The molecule has 0 atom stereocenters. The van der Waals surface area contributed by atoms with Crippen molar-refractivity contribution in [3.05, 3.63) is 64.7 Å². The summed E-state index contributed by atoms with van der Waals surface area (Å²) in [6.45, 7) is 8.15. The maximum Gasteiger partial charge on any atom is 0.337 e. The van der Waals surface area contributed by atoms with E-state index in [2.05, 4.69) is 28.8 Å². The van der Waals surface area contributed by atoms with Crippen molar-refractivity contribution in [2.24, 2.45) is 0 Å². The van der Waals surface area contributed by atoms with Gasteiger partial charge >= 0.3 is 5.97 Å². The topological polar surface area (TPSA) is 71.8 Å². The van der Waals surface area contributed by atoms with Crippen molar-refractivity contribution < 1.29 is 19.1 Å². The molecule has 2 aliphatic heterocycles. The van der Waals surface area contributed by atoms with Gasteiger partial charge in [-0.2, -0.15) is 0 Å². The van der Waals surface area contributed by atoms with Gasteiger partial charge in [-0.3, -0.25) is 9.59 Å². The summed E-state index contributed by atoms with van der Waals surface area (Å²) in [6, 6.07) is 14.2. The first-order chi connectivity index (χ1) is 20.0. The monoisotopic (exact) mass is 555 g/mol. The second-order valence-electron chi connectivity index (χ2n) is 11.0. The summed E-state index contributed by atoms with van der Waals surface area (Å²) >= 11 is 0. The number of ether oxygens (including phenoxy) is 1. The van der Waals surface area contributed by atoms with Crippen LogP contribution in [0, 0.1) is 0 Å². The fourth-order valence-corrected chi connectivity index (χ4v) is 6.68. The number of nitrogens with zero attached hydrogens (tertiary/aromatic N) is 3. The van der Waals surface area contributed by atoms with Gasteiger partial charge in [-0.05, 0) is 48.1 Å². The van der Waals surface area contributed by atoms with Crippen LogP contribution in [0.1, 0.15) is 80.3 Å². The number of carbonyl (C=O) groups is 3. The fourth-order valence-electron chi connectivity index (χ4n) is 6.68. The number of hydrogen-bond donors (Lipinski definition) is 0. The van der Waals surface area contributed by atoms with Crippen molar-refractivity contribution in [2.45, 2.75) is 65.3 Å². The number of esters is 1. The van der Waals surface area contributed by atoms with E-state index in [9.17, 15) is 14.4 Å². The summed E-state index contributed by atoms with van der Waals surface area (Å²) in [6.07, 6.45) is 8.03. The molecule has 2 aromatic carbocycles. The van der Waals surface area contributed by atoms with Gasteiger partial charge in [0.1, 0.15) is 0 Å². The minimum absolute atomic E-state index is 0.00560. The van der Waals surface area contributed by atoms with Crippen molar-refractivity contribution in [1.29, 1.82) is 0 Å². The SMILES string of the molecule is CC.COC(=O)c1ccc2c(C3CCCCC3)c3n(c2c1)CC(C(=O)N1CCN(C(C)=O)CC1)=Cc1ccccc1-3. The van der Waals surface area contributed by atoms with Crippen LogP contribution in [-0.4, -0.2) is 65.4 Å². The van der Waals surface area contributed by atoms with E-state index in [0.29, 0.717) is 49.8 Å². The Kier molecular flexibility index (Phi) is 8.62. The third-order valence-electron chi connectivity index (χ3n) is 8.70. The summed E-state index contributed by atoms with van der Waals surface area (Å²) in [5, 5.41) is 1.16. The number of methoxy groups -OCH3 is 1. The molecular weight excluding hydrogens is 514 g/mol. The molecule has 0 N–H and O–H groups in total. The predicted octanol–water partition coefficient (Wildman–Crippen LogP) is 6.26. The molecule has 3 heterocycles. The number of amides is 2. The van der Waals surface area contributed by atoms with Crippen LogP contribution in [0.15, 0.2) is 48.0 Å². The Morgan fingerprint density at radius 3 is 2.24 bits per heavy atom. The highest BCUT2D eigenvalue weighted by Crippen LogP contribution is 2.46. The number of hydrogen-bond acceptors (Lipinski definition) is 4. The van der Waals surface area contributed by atoms with E-state index in [-0.39, 0.29) is 17.8 Å². The van der Waals surface area contributed by atoms with Gasteiger partial charge in [0.25, 0.3) is 5.91 Å². The van der Waals surface area contributed by atoms with Crippen LogP contribution in [0.3, 0.4) is 0 Å². The van der Waals surface area contributed by atoms with Crippen LogP contribution < -0.4 is 0 Å². The van der Waals surface area contributed by atoms with Gasteiger partial charge in [-0.25, -0.2) is 4.79 Å². The molecule has 6 rings (SSSR count). The van der Waals surface area contributed by atoms with Gasteiger partial charge in [0.05, 0.1) is 24.9 Å². The zero-order chi connectivity index (χ0) is 29.1. The van der Waals surface area contributed by atoms with Crippen molar-refractivity contribution in [3.63, 3.8) is 0 Å². The summed E-state index contributed by atoms with van der Waals surface area (Å²) in [4.78, 5) is 41.9. The van der Waals surface area contributed by atoms with Gasteiger partial charge in [0, 0.05) is 55.1 Å². The smallest absolute Gasteiger partial charge is 0.337 e. The Morgan fingerprint density at radius 1 is 0.878 bits per heavy atom. The van der Waals surface area contributed by atoms with Crippen LogP contribution >= 0.6 is 0 Å². The number of piperazine rings is 1. The van der Waals surface area contributed by atoms with E-state index >= 15 is 0 Å². The lowest BCUT2D eigenvalue weighted by Gasteiger charge is -2.34. The van der Waals surface area contributed by atoms with E-state index in [1.807, 2.05) is 43.0 Å². The van der Waals surface area contributed by atoms with Crippen molar-refractivity contribution in [1.82, 2.24) is 14.4 Å². The highest BCUT2D eigenvalue weighted by molar-refractivity contribution is 6.03. The van der Waals surface area contributed by atoms with Gasteiger partial charge < -0.3 is 19.1 Å². The Balaban J connectivity index is 0.00000165. The zero-order valence-corrected chi connectivity index (χ0v) is 24.7. The van der Waals surface area contributed by atoms with Crippen LogP contribution in [0.2, 0.25) is 0 Å². The molecule has 3 aliphatic rings. The predicted molar refractivity (Wildman–Crippen MR) is 163 cm³/mol. The molecule has 0 unspecified atom stereocenters. The van der Waals surface area contributed by atoms with Gasteiger partial charge in [-0.15, -0.1) is 0 Å². The highest BCUT2D eigenvalue weighted by Gasteiger charge is 2.32. The second-order valence-corrected chi connectivity index (χ2v) is 11.0. The third-order valence-corrected chi connectivity index (χ3v) is 8.70. The lowest BCUT2D eigenvalue weighted by atomic mass is 9.81. The summed E-state index contributed by atoms with van der Waals surface area (Å²) in [5.41, 5.74) is 6.85. The van der Waals surface area contributed by atoms with E-state index < -0.39 is 0 Å². The van der Waals surface area contributed by atoms with Crippen LogP contribution in [0.5, 0.6) is 0 Å². The summed E-state index contributed by atoms with van der Waals surface area (Å²) < 4.78 is 7.31. The maximum atomic E-state index is 13.9. The summed E-state index contributed by atoms with van der Waals surface area (Å²) in [7, 11) is 1.40. The Hall–Kier alpha value is -3.87.